The van der Waals surface area contributed by atoms with Gasteiger partial charge in [0, 0.05) is 11.4 Å². The fourth-order valence-electron chi connectivity index (χ4n) is 1.24. The summed E-state index contributed by atoms with van der Waals surface area (Å²) >= 11 is 1.18. The van der Waals surface area contributed by atoms with E-state index in [1.165, 1.54) is 16.7 Å². The molecule has 92 valence electrons. The van der Waals surface area contributed by atoms with Gasteiger partial charge in [0.1, 0.15) is 6.04 Å². The van der Waals surface area contributed by atoms with E-state index in [2.05, 4.69) is 15.6 Å². The lowest BCUT2D eigenvalue weighted by Crippen LogP contribution is -2.38. The number of aromatic carboxylic acids is 1. The first-order chi connectivity index (χ1) is 8.06. The van der Waals surface area contributed by atoms with Crippen LogP contribution in [0.1, 0.15) is 30.3 Å². The summed E-state index contributed by atoms with van der Waals surface area (Å²) in [5, 5.41) is 16.3. The molecule has 6 nitrogen and oxygen atoms in total. The predicted octanol–water partition coefficient (Wildman–Crippen LogP) is 0.920. The molecule has 0 spiro atoms. The number of nitrogens with zero attached hydrogens (tertiary/aromatic N) is 1. The van der Waals surface area contributed by atoms with Gasteiger partial charge < -0.3 is 15.7 Å². The summed E-state index contributed by atoms with van der Waals surface area (Å²) in [6.07, 6.45) is 2.08. The van der Waals surface area contributed by atoms with Crippen LogP contribution in [0.15, 0.2) is 5.38 Å². The first-order valence-electron chi connectivity index (χ1n) is 5.32. The summed E-state index contributed by atoms with van der Waals surface area (Å²) in [6, 6.07) is -0.0963. The van der Waals surface area contributed by atoms with Crippen LogP contribution in [0, 0.1) is 0 Å². The molecule has 1 heterocycles. The Bertz CT molecular complexity index is 442. The van der Waals surface area contributed by atoms with Gasteiger partial charge in [0.25, 0.3) is 0 Å². The van der Waals surface area contributed by atoms with Gasteiger partial charge in [-0.2, -0.15) is 0 Å². The van der Waals surface area contributed by atoms with Crippen molar-refractivity contribution in [3.8, 4) is 0 Å². The van der Waals surface area contributed by atoms with Crippen LogP contribution in [0.25, 0.3) is 0 Å². The van der Waals surface area contributed by atoms with Crippen LogP contribution in [0.5, 0.6) is 0 Å². The molecule has 17 heavy (non-hydrogen) atoms. The Kier molecular flexibility index (Phi) is 3.28. The lowest BCUT2D eigenvalue weighted by Gasteiger charge is -2.12. The van der Waals surface area contributed by atoms with E-state index >= 15 is 0 Å². The van der Waals surface area contributed by atoms with E-state index in [1.54, 1.807) is 6.92 Å². The van der Waals surface area contributed by atoms with Crippen molar-refractivity contribution in [3.05, 3.63) is 11.1 Å². The average Bonchev–Trinajstić information content (AvgIpc) is 2.94. The number of hydrogen-bond donors (Lipinski definition) is 3. The van der Waals surface area contributed by atoms with Crippen molar-refractivity contribution in [1.29, 1.82) is 0 Å². The highest BCUT2D eigenvalue weighted by Crippen LogP contribution is 2.20. The molecule has 0 aromatic carbocycles. The monoisotopic (exact) mass is 255 g/mol. The Morgan fingerprint density at radius 2 is 2.29 bits per heavy atom. The van der Waals surface area contributed by atoms with Crippen LogP contribution >= 0.6 is 11.3 Å². The zero-order valence-electron chi connectivity index (χ0n) is 9.27. The molecule has 1 amide bonds. The quantitative estimate of drug-likeness (QED) is 0.727. The Morgan fingerprint density at radius 3 is 2.82 bits per heavy atom. The number of rotatable bonds is 5. The van der Waals surface area contributed by atoms with E-state index in [0.717, 1.165) is 12.8 Å². The third-order valence-corrected chi connectivity index (χ3v) is 3.15. The fourth-order valence-corrected chi connectivity index (χ4v) is 2.02. The topological polar surface area (TPSA) is 91.3 Å². The van der Waals surface area contributed by atoms with Crippen molar-refractivity contribution in [3.63, 3.8) is 0 Å². The molecule has 1 aromatic heterocycles. The molecule has 1 aliphatic carbocycles. The van der Waals surface area contributed by atoms with Gasteiger partial charge in [-0.1, -0.05) is 0 Å². The summed E-state index contributed by atoms with van der Waals surface area (Å²) in [6.45, 7) is 1.72. The number of carboxylic acid groups (broad SMARTS) is 1. The summed E-state index contributed by atoms with van der Waals surface area (Å²) in [7, 11) is 0. The molecule has 1 aliphatic rings. The minimum atomic E-state index is -1.07. The standard InChI is InChI=1S/C10H13N3O3S/c1-5(8(14)12-6-2-3-6)11-10-13-7(4-17-10)9(15)16/h4-6H,2-3H2,1H3,(H,11,13)(H,12,14)(H,15,16). The third kappa shape index (κ3) is 3.16. The van der Waals surface area contributed by atoms with Gasteiger partial charge >= 0.3 is 5.97 Å². The summed E-state index contributed by atoms with van der Waals surface area (Å²) in [4.78, 5) is 26.1. The molecule has 2 rings (SSSR count). The molecule has 0 radical (unpaired) electrons. The highest BCUT2D eigenvalue weighted by atomic mass is 32.1. The molecule has 1 fully saturated rings. The molecular weight excluding hydrogens is 242 g/mol. The largest absolute Gasteiger partial charge is 0.476 e. The van der Waals surface area contributed by atoms with Crippen molar-refractivity contribution >= 4 is 28.3 Å². The van der Waals surface area contributed by atoms with E-state index in [0.29, 0.717) is 11.2 Å². The van der Waals surface area contributed by atoms with Gasteiger partial charge in [-0.05, 0) is 19.8 Å². The Morgan fingerprint density at radius 1 is 1.59 bits per heavy atom. The lowest BCUT2D eigenvalue weighted by molar-refractivity contribution is -0.121. The number of carbonyl (C=O) groups is 2. The predicted molar refractivity (Wildman–Crippen MR) is 63.3 cm³/mol. The number of thiazole rings is 1. The maximum atomic E-state index is 11.6. The maximum Gasteiger partial charge on any atom is 0.355 e. The molecule has 3 N–H and O–H groups in total. The number of carbonyl (C=O) groups excluding carboxylic acids is 1. The highest BCUT2D eigenvalue weighted by Gasteiger charge is 2.25. The number of carboxylic acids is 1. The smallest absolute Gasteiger partial charge is 0.355 e. The Labute approximate surface area is 102 Å². The van der Waals surface area contributed by atoms with Gasteiger partial charge in [-0.15, -0.1) is 11.3 Å². The van der Waals surface area contributed by atoms with E-state index < -0.39 is 12.0 Å². The molecule has 0 aliphatic heterocycles. The molecule has 7 heteroatoms. The second kappa shape index (κ2) is 4.70. The number of hydrogen-bond acceptors (Lipinski definition) is 5. The second-order valence-electron chi connectivity index (χ2n) is 3.99. The molecule has 1 aromatic rings. The summed E-state index contributed by atoms with van der Waals surface area (Å²) in [5.74, 6) is -1.15. The van der Waals surface area contributed by atoms with Crippen LogP contribution in [-0.4, -0.2) is 34.1 Å². The number of amides is 1. The maximum absolute atomic E-state index is 11.6. The third-order valence-electron chi connectivity index (χ3n) is 2.38. The normalized spacial score (nSPS) is 16.3. The van der Waals surface area contributed by atoms with Crippen LogP contribution in [0.3, 0.4) is 0 Å². The van der Waals surface area contributed by atoms with Crippen molar-refractivity contribution in [2.24, 2.45) is 0 Å². The average molecular weight is 255 g/mol. The minimum Gasteiger partial charge on any atom is -0.476 e. The molecule has 1 unspecified atom stereocenters. The molecule has 1 atom stereocenters. The first kappa shape index (κ1) is 11.8. The van der Waals surface area contributed by atoms with E-state index in [4.69, 9.17) is 5.11 Å². The van der Waals surface area contributed by atoms with Gasteiger partial charge in [0.05, 0.1) is 0 Å². The number of nitrogens with one attached hydrogen (secondary N) is 2. The molecule has 0 bridgehead atoms. The van der Waals surface area contributed by atoms with Gasteiger partial charge in [0.2, 0.25) is 5.91 Å². The van der Waals surface area contributed by atoms with Crippen molar-refractivity contribution in [2.75, 3.05) is 5.32 Å². The van der Waals surface area contributed by atoms with Crippen LogP contribution < -0.4 is 10.6 Å². The van der Waals surface area contributed by atoms with Gasteiger partial charge in [-0.25, -0.2) is 9.78 Å². The van der Waals surface area contributed by atoms with Crippen molar-refractivity contribution in [2.45, 2.75) is 31.8 Å². The van der Waals surface area contributed by atoms with Gasteiger partial charge in [0.15, 0.2) is 10.8 Å². The zero-order chi connectivity index (χ0) is 12.4. The first-order valence-corrected chi connectivity index (χ1v) is 6.20. The number of anilines is 1. The highest BCUT2D eigenvalue weighted by molar-refractivity contribution is 7.13. The Hall–Kier alpha value is -1.63. The zero-order valence-corrected chi connectivity index (χ0v) is 10.1. The number of aromatic nitrogens is 1. The summed E-state index contributed by atoms with van der Waals surface area (Å²) in [5.41, 5.74) is -0.00713. The van der Waals surface area contributed by atoms with Crippen LogP contribution in [-0.2, 0) is 4.79 Å². The molecule has 0 saturated heterocycles. The van der Waals surface area contributed by atoms with Crippen molar-refractivity contribution < 1.29 is 14.7 Å². The molecule has 1 saturated carbocycles. The second-order valence-corrected chi connectivity index (χ2v) is 4.85. The van der Waals surface area contributed by atoms with Crippen LogP contribution in [0.4, 0.5) is 5.13 Å². The van der Waals surface area contributed by atoms with Crippen molar-refractivity contribution in [1.82, 2.24) is 10.3 Å². The van der Waals surface area contributed by atoms with Crippen LogP contribution in [0.2, 0.25) is 0 Å². The van der Waals surface area contributed by atoms with E-state index in [9.17, 15) is 9.59 Å². The van der Waals surface area contributed by atoms with E-state index in [-0.39, 0.29) is 11.6 Å². The minimum absolute atomic E-state index is 0.00713. The summed E-state index contributed by atoms with van der Waals surface area (Å²) < 4.78 is 0. The Balaban J connectivity index is 1.89. The fraction of sp³-hybridized carbons (Fsp3) is 0.500. The SMILES string of the molecule is CC(Nc1nc(C(=O)O)cs1)C(=O)NC1CC1. The molecular formula is C10H13N3O3S. The van der Waals surface area contributed by atoms with Gasteiger partial charge in [-0.3, -0.25) is 4.79 Å². The van der Waals surface area contributed by atoms with E-state index in [1.807, 2.05) is 0 Å². The lowest BCUT2D eigenvalue weighted by atomic mass is 10.3.